The molecule has 4 rings (SSSR count). The molecule has 1 aromatic carbocycles. The third-order valence-electron chi connectivity index (χ3n) is 4.84. The molecule has 0 radical (unpaired) electrons. The topological polar surface area (TPSA) is 76.3 Å². The molecule has 1 aliphatic heterocycles. The molecule has 6 heteroatoms. The first-order valence-electron chi connectivity index (χ1n) is 8.74. The van der Waals surface area contributed by atoms with Crippen LogP contribution in [0.4, 0.5) is 0 Å². The van der Waals surface area contributed by atoms with E-state index in [0.717, 1.165) is 44.5 Å². The highest BCUT2D eigenvalue weighted by molar-refractivity contribution is 5.97. The van der Waals surface area contributed by atoms with Crippen LogP contribution in [0.1, 0.15) is 41.9 Å². The highest BCUT2D eigenvalue weighted by Gasteiger charge is 2.17. The first-order chi connectivity index (χ1) is 12.2. The van der Waals surface area contributed by atoms with E-state index in [-0.39, 0.29) is 11.5 Å². The number of carbonyl (C=O) groups is 1. The smallest absolute Gasteiger partial charge is 0.271 e. The number of aryl methyl sites for hydroxylation is 1. The van der Waals surface area contributed by atoms with Gasteiger partial charge in [0.2, 0.25) is 0 Å². The zero-order valence-corrected chi connectivity index (χ0v) is 13.9. The van der Waals surface area contributed by atoms with Crippen molar-refractivity contribution in [3.05, 3.63) is 52.1 Å². The van der Waals surface area contributed by atoms with Gasteiger partial charge in [-0.25, -0.2) is 10.4 Å². The molecule has 1 atom stereocenters. The lowest BCUT2D eigenvalue weighted by Crippen LogP contribution is -2.22. The van der Waals surface area contributed by atoms with E-state index >= 15 is 0 Å². The molecule has 0 unspecified atom stereocenters. The van der Waals surface area contributed by atoms with Crippen LogP contribution in [0.2, 0.25) is 0 Å². The molecule has 25 heavy (non-hydrogen) atoms. The number of benzene rings is 1. The van der Waals surface area contributed by atoms with Crippen LogP contribution in [-0.4, -0.2) is 21.7 Å². The zero-order chi connectivity index (χ0) is 17.2. The summed E-state index contributed by atoms with van der Waals surface area (Å²) < 4.78 is 1.73. The molecule has 2 aromatic rings. The lowest BCUT2D eigenvalue weighted by atomic mass is 9.96. The maximum Gasteiger partial charge on any atom is 0.271 e. The summed E-state index contributed by atoms with van der Waals surface area (Å²) in [4.78, 5) is 29.3. The van der Waals surface area contributed by atoms with E-state index in [1.165, 1.54) is 0 Å². The van der Waals surface area contributed by atoms with Gasteiger partial charge < -0.3 is 0 Å². The number of carbonyl (C=O) groups excluding carboxylic acids is 1. The molecule has 1 aliphatic carbocycles. The summed E-state index contributed by atoms with van der Waals surface area (Å²) >= 11 is 0. The minimum Gasteiger partial charge on any atom is -0.296 e. The minimum absolute atomic E-state index is 0.0205. The predicted octanol–water partition coefficient (Wildman–Crippen LogP) is 2.41. The second-order valence-electron chi connectivity index (χ2n) is 6.58. The van der Waals surface area contributed by atoms with Crippen LogP contribution in [0.25, 0.3) is 10.9 Å². The van der Waals surface area contributed by atoms with Gasteiger partial charge in [-0.15, -0.1) is 0 Å². The van der Waals surface area contributed by atoms with E-state index in [4.69, 9.17) is 0 Å². The van der Waals surface area contributed by atoms with E-state index in [0.29, 0.717) is 22.4 Å². The van der Waals surface area contributed by atoms with Gasteiger partial charge in [0.15, 0.2) is 0 Å². The van der Waals surface area contributed by atoms with Crippen LogP contribution in [-0.2, 0) is 13.0 Å². The Kier molecular flexibility index (Phi) is 4.17. The fourth-order valence-electron chi connectivity index (χ4n) is 3.44. The standard InChI is InChI=1S/C19H20N4O2/c24-18(22-20-12-13-5-2-1-3-6-13)14-8-9-15-16(11-14)21-17-7-4-10-23(17)19(15)25/h1-2,8-9,11-13H,3-7,10H2,(H,22,24)/b20-12-/t13-/m1/s1. The van der Waals surface area contributed by atoms with Crippen molar-refractivity contribution in [2.75, 3.05) is 0 Å². The predicted molar refractivity (Wildman–Crippen MR) is 96.8 cm³/mol. The molecular formula is C19H20N4O2. The van der Waals surface area contributed by atoms with E-state index in [1.807, 2.05) is 0 Å². The van der Waals surface area contributed by atoms with Crippen LogP contribution < -0.4 is 11.0 Å². The van der Waals surface area contributed by atoms with Crippen LogP contribution in [0.15, 0.2) is 40.2 Å². The molecule has 0 spiro atoms. The Morgan fingerprint density at radius 2 is 2.28 bits per heavy atom. The minimum atomic E-state index is -0.285. The lowest BCUT2D eigenvalue weighted by molar-refractivity contribution is 0.0955. The van der Waals surface area contributed by atoms with Gasteiger partial charge in [0, 0.05) is 24.7 Å². The second-order valence-corrected chi connectivity index (χ2v) is 6.58. The number of nitrogens with zero attached hydrogens (tertiary/aromatic N) is 3. The highest BCUT2D eigenvalue weighted by Crippen LogP contribution is 2.17. The van der Waals surface area contributed by atoms with Crippen molar-refractivity contribution < 1.29 is 4.79 Å². The summed E-state index contributed by atoms with van der Waals surface area (Å²) in [7, 11) is 0. The van der Waals surface area contributed by atoms with Gasteiger partial charge in [0.05, 0.1) is 10.9 Å². The monoisotopic (exact) mass is 336 g/mol. The van der Waals surface area contributed by atoms with Crippen LogP contribution in [0.3, 0.4) is 0 Å². The molecule has 0 bridgehead atoms. The summed E-state index contributed by atoms with van der Waals surface area (Å²) in [6.45, 7) is 0.727. The van der Waals surface area contributed by atoms with Crippen LogP contribution in [0.5, 0.6) is 0 Å². The number of nitrogens with one attached hydrogen (secondary N) is 1. The van der Waals surface area contributed by atoms with Crippen molar-refractivity contribution in [1.82, 2.24) is 15.0 Å². The van der Waals surface area contributed by atoms with Crippen molar-refractivity contribution >= 4 is 23.0 Å². The Morgan fingerprint density at radius 3 is 3.12 bits per heavy atom. The first kappa shape index (κ1) is 15.7. The van der Waals surface area contributed by atoms with E-state index in [2.05, 4.69) is 27.7 Å². The fourth-order valence-corrected chi connectivity index (χ4v) is 3.44. The summed E-state index contributed by atoms with van der Waals surface area (Å²) in [6.07, 6.45) is 11.0. The lowest BCUT2D eigenvalue weighted by Gasteiger charge is -2.11. The van der Waals surface area contributed by atoms with Crippen molar-refractivity contribution in [2.45, 2.75) is 38.6 Å². The number of amides is 1. The molecule has 1 N–H and O–H groups in total. The van der Waals surface area contributed by atoms with Gasteiger partial charge in [-0.1, -0.05) is 12.2 Å². The summed E-state index contributed by atoms with van der Waals surface area (Å²) in [6, 6.07) is 5.01. The Morgan fingerprint density at radius 1 is 1.36 bits per heavy atom. The van der Waals surface area contributed by atoms with Gasteiger partial charge in [-0.2, -0.15) is 5.10 Å². The summed E-state index contributed by atoms with van der Waals surface area (Å²) in [5, 5.41) is 4.64. The zero-order valence-electron chi connectivity index (χ0n) is 13.9. The average molecular weight is 336 g/mol. The third-order valence-corrected chi connectivity index (χ3v) is 4.84. The Hall–Kier alpha value is -2.76. The van der Waals surface area contributed by atoms with E-state index < -0.39 is 0 Å². The molecule has 2 aliphatic rings. The normalized spacial score (nSPS) is 19.4. The summed E-state index contributed by atoms with van der Waals surface area (Å²) in [5.74, 6) is 0.900. The van der Waals surface area contributed by atoms with Crippen LogP contribution >= 0.6 is 0 Å². The average Bonchev–Trinajstić information content (AvgIpc) is 3.11. The Balaban J connectivity index is 1.54. The number of rotatable bonds is 3. The Labute approximate surface area is 145 Å². The van der Waals surface area contributed by atoms with Crippen molar-refractivity contribution in [3.63, 3.8) is 0 Å². The first-order valence-corrected chi connectivity index (χ1v) is 8.74. The van der Waals surface area contributed by atoms with Gasteiger partial charge in [-0.3, -0.25) is 14.2 Å². The second kappa shape index (κ2) is 6.63. The highest BCUT2D eigenvalue weighted by atomic mass is 16.2. The third kappa shape index (κ3) is 3.12. The van der Waals surface area contributed by atoms with E-state index in [9.17, 15) is 9.59 Å². The maximum atomic E-state index is 12.4. The molecule has 1 aromatic heterocycles. The van der Waals surface area contributed by atoms with E-state index in [1.54, 1.807) is 29.0 Å². The molecule has 0 saturated carbocycles. The molecule has 1 amide bonds. The molecule has 2 heterocycles. The largest absolute Gasteiger partial charge is 0.296 e. The quantitative estimate of drug-likeness (QED) is 0.531. The number of aromatic nitrogens is 2. The molecule has 6 nitrogen and oxygen atoms in total. The van der Waals surface area contributed by atoms with Crippen molar-refractivity contribution in [2.24, 2.45) is 11.0 Å². The number of hydrazone groups is 1. The van der Waals surface area contributed by atoms with Gasteiger partial charge >= 0.3 is 0 Å². The van der Waals surface area contributed by atoms with Crippen molar-refractivity contribution in [3.8, 4) is 0 Å². The number of hydrogen-bond donors (Lipinski definition) is 1. The molecule has 0 saturated heterocycles. The molecular weight excluding hydrogens is 316 g/mol. The number of allylic oxidation sites excluding steroid dienone is 2. The molecule has 128 valence electrons. The number of hydrogen-bond acceptors (Lipinski definition) is 4. The van der Waals surface area contributed by atoms with Gasteiger partial charge in [0.1, 0.15) is 5.82 Å². The Bertz CT molecular complexity index is 942. The number of fused-ring (bicyclic) bond motifs is 2. The maximum absolute atomic E-state index is 12.4. The van der Waals surface area contributed by atoms with Gasteiger partial charge in [-0.05, 0) is 49.8 Å². The fraction of sp³-hybridized carbons (Fsp3) is 0.368. The van der Waals surface area contributed by atoms with Crippen LogP contribution in [0, 0.1) is 5.92 Å². The van der Waals surface area contributed by atoms with Gasteiger partial charge in [0.25, 0.3) is 11.5 Å². The SMILES string of the molecule is O=C(N/N=C\[C@@H]1CC=CCC1)c1ccc2c(=O)n3c(nc2c1)CCC3. The molecule has 0 fully saturated rings. The summed E-state index contributed by atoms with van der Waals surface area (Å²) in [5.41, 5.74) is 3.59. The van der Waals surface area contributed by atoms with Crippen molar-refractivity contribution in [1.29, 1.82) is 0 Å².